The van der Waals surface area contributed by atoms with Gasteiger partial charge < -0.3 is 10.1 Å². The summed E-state index contributed by atoms with van der Waals surface area (Å²) >= 11 is 3.33. The van der Waals surface area contributed by atoms with Crippen LogP contribution < -0.4 is 10.1 Å². The summed E-state index contributed by atoms with van der Waals surface area (Å²) in [6.45, 7) is 5.05. The Morgan fingerprint density at radius 2 is 2.00 bits per heavy atom. The maximum atomic E-state index is 12.3. The molecule has 1 aromatic carbocycles. The van der Waals surface area contributed by atoms with Crippen molar-refractivity contribution in [2.45, 2.75) is 40.3 Å². The molecular formula is C14H20BrF2NO. The van der Waals surface area contributed by atoms with E-state index in [2.05, 4.69) is 46.8 Å². The van der Waals surface area contributed by atoms with E-state index in [0.29, 0.717) is 6.54 Å². The third kappa shape index (κ3) is 6.87. The monoisotopic (exact) mass is 335 g/mol. The lowest BCUT2D eigenvalue weighted by Crippen LogP contribution is -2.20. The van der Waals surface area contributed by atoms with Gasteiger partial charge in [0.2, 0.25) is 0 Å². The molecule has 0 fully saturated rings. The van der Waals surface area contributed by atoms with Crippen LogP contribution in [0, 0.1) is 5.41 Å². The third-order valence-corrected chi connectivity index (χ3v) is 3.10. The Bertz CT molecular complexity index is 405. The Hall–Kier alpha value is -0.680. The van der Waals surface area contributed by atoms with E-state index in [1.807, 2.05) is 0 Å². The van der Waals surface area contributed by atoms with E-state index < -0.39 is 6.61 Å². The highest BCUT2D eigenvalue weighted by molar-refractivity contribution is 9.10. The number of hydrogen-bond acceptors (Lipinski definition) is 2. The molecule has 0 saturated carbocycles. The molecule has 1 aromatic rings. The lowest BCUT2D eigenvalue weighted by Gasteiger charge is -2.18. The second-order valence-corrected chi connectivity index (χ2v) is 6.53. The SMILES string of the molecule is CC(C)(C)CCNCc1cc(Br)ccc1OC(F)F. The van der Waals surface area contributed by atoms with E-state index in [-0.39, 0.29) is 11.2 Å². The maximum absolute atomic E-state index is 12.3. The number of rotatable bonds is 6. The second kappa shape index (κ2) is 7.20. The lowest BCUT2D eigenvalue weighted by atomic mass is 9.92. The van der Waals surface area contributed by atoms with E-state index >= 15 is 0 Å². The number of benzene rings is 1. The molecule has 0 heterocycles. The van der Waals surface area contributed by atoms with E-state index in [9.17, 15) is 8.78 Å². The van der Waals surface area contributed by atoms with E-state index in [4.69, 9.17) is 0 Å². The lowest BCUT2D eigenvalue weighted by molar-refractivity contribution is -0.0505. The van der Waals surface area contributed by atoms with Gasteiger partial charge in [0.15, 0.2) is 0 Å². The number of hydrogen-bond donors (Lipinski definition) is 1. The zero-order valence-corrected chi connectivity index (χ0v) is 13.1. The molecule has 0 aromatic heterocycles. The summed E-state index contributed by atoms with van der Waals surface area (Å²) in [5.41, 5.74) is 0.982. The molecule has 0 amide bonds. The van der Waals surface area contributed by atoms with Gasteiger partial charge in [-0.1, -0.05) is 36.7 Å². The van der Waals surface area contributed by atoms with Crippen molar-refractivity contribution in [3.8, 4) is 5.75 Å². The van der Waals surface area contributed by atoms with Gasteiger partial charge in [0.05, 0.1) is 0 Å². The predicted octanol–water partition coefficient (Wildman–Crippen LogP) is 4.58. The summed E-state index contributed by atoms with van der Waals surface area (Å²) in [6, 6.07) is 5.04. The highest BCUT2D eigenvalue weighted by Crippen LogP contribution is 2.25. The smallest absolute Gasteiger partial charge is 0.387 e. The Labute approximate surface area is 121 Å². The number of alkyl halides is 2. The minimum Gasteiger partial charge on any atom is -0.434 e. The molecule has 0 aliphatic carbocycles. The molecule has 1 N–H and O–H groups in total. The van der Waals surface area contributed by atoms with Crippen LogP contribution in [0.25, 0.3) is 0 Å². The molecule has 108 valence electrons. The molecule has 2 nitrogen and oxygen atoms in total. The first kappa shape index (κ1) is 16.4. The van der Waals surface area contributed by atoms with Crippen molar-refractivity contribution in [1.29, 1.82) is 0 Å². The molecule has 0 aliphatic rings. The Morgan fingerprint density at radius 1 is 1.32 bits per heavy atom. The van der Waals surface area contributed by atoms with Gasteiger partial charge in [0.25, 0.3) is 0 Å². The van der Waals surface area contributed by atoms with E-state index in [1.165, 1.54) is 0 Å². The summed E-state index contributed by atoms with van der Waals surface area (Å²) in [4.78, 5) is 0. The number of nitrogens with one attached hydrogen (secondary N) is 1. The Kier molecular flexibility index (Phi) is 6.20. The van der Waals surface area contributed by atoms with Crippen LogP contribution in [0.15, 0.2) is 22.7 Å². The number of halogens is 3. The van der Waals surface area contributed by atoms with Gasteiger partial charge in [-0.15, -0.1) is 0 Å². The minimum absolute atomic E-state index is 0.224. The Balaban J connectivity index is 2.58. The van der Waals surface area contributed by atoms with Crippen molar-refractivity contribution in [3.63, 3.8) is 0 Å². The maximum Gasteiger partial charge on any atom is 0.387 e. The molecule has 0 aliphatic heterocycles. The van der Waals surface area contributed by atoms with Crippen molar-refractivity contribution >= 4 is 15.9 Å². The van der Waals surface area contributed by atoms with Gasteiger partial charge >= 0.3 is 6.61 Å². The van der Waals surface area contributed by atoms with Gasteiger partial charge in [-0.2, -0.15) is 8.78 Å². The van der Waals surface area contributed by atoms with Crippen LogP contribution in [0.5, 0.6) is 5.75 Å². The minimum atomic E-state index is -2.80. The average Bonchev–Trinajstić information content (AvgIpc) is 2.26. The van der Waals surface area contributed by atoms with Gasteiger partial charge in [-0.3, -0.25) is 0 Å². The highest BCUT2D eigenvalue weighted by Gasteiger charge is 2.11. The quantitative estimate of drug-likeness (QED) is 0.768. The van der Waals surface area contributed by atoms with Gasteiger partial charge in [0.1, 0.15) is 5.75 Å². The summed E-state index contributed by atoms with van der Waals surface area (Å²) < 4.78 is 29.9. The van der Waals surface area contributed by atoms with Gasteiger partial charge in [-0.25, -0.2) is 0 Å². The number of ether oxygens (including phenoxy) is 1. The van der Waals surface area contributed by atoms with Crippen LogP contribution in [-0.4, -0.2) is 13.2 Å². The van der Waals surface area contributed by atoms with Crippen molar-refractivity contribution in [2.24, 2.45) is 5.41 Å². The first-order valence-electron chi connectivity index (χ1n) is 6.22. The molecular weight excluding hydrogens is 316 g/mol. The largest absolute Gasteiger partial charge is 0.434 e. The molecule has 19 heavy (non-hydrogen) atoms. The van der Waals surface area contributed by atoms with Gasteiger partial charge in [0, 0.05) is 16.6 Å². The molecule has 0 atom stereocenters. The standard InChI is InChI=1S/C14H20BrF2NO/c1-14(2,3)6-7-18-9-10-8-11(15)4-5-12(10)19-13(16)17/h4-5,8,13,18H,6-7,9H2,1-3H3. The fourth-order valence-corrected chi connectivity index (χ4v) is 1.99. The van der Waals surface area contributed by atoms with Crippen LogP contribution in [0.2, 0.25) is 0 Å². The molecule has 0 spiro atoms. The molecule has 0 radical (unpaired) electrons. The van der Waals surface area contributed by atoms with Crippen LogP contribution in [0.1, 0.15) is 32.8 Å². The normalized spacial score (nSPS) is 11.9. The fourth-order valence-electron chi connectivity index (χ4n) is 1.58. The van der Waals surface area contributed by atoms with Crippen LogP contribution in [0.4, 0.5) is 8.78 Å². The fraction of sp³-hybridized carbons (Fsp3) is 0.571. The summed E-state index contributed by atoms with van der Waals surface area (Å²) in [5, 5.41) is 3.25. The zero-order chi connectivity index (χ0) is 14.5. The molecule has 0 saturated heterocycles. The first-order chi connectivity index (χ1) is 8.78. The van der Waals surface area contributed by atoms with Crippen molar-refractivity contribution < 1.29 is 13.5 Å². The molecule has 5 heteroatoms. The van der Waals surface area contributed by atoms with E-state index in [0.717, 1.165) is 23.0 Å². The summed E-state index contributed by atoms with van der Waals surface area (Å²) in [7, 11) is 0. The van der Waals surface area contributed by atoms with Gasteiger partial charge in [-0.05, 0) is 36.6 Å². The average molecular weight is 336 g/mol. The van der Waals surface area contributed by atoms with Crippen LogP contribution >= 0.6 is 15.9 Å². The molecule has 1 rings (SSSR count). The summed E-state index contributed by atoms with van der Waals surface area (Å²) in [5.74, 6) is 0.224. The van der Waals surface area contributed by atoms with Crippen LogP contribution in [0.3, 0.4) is 0 Å². The van der Waals surface area contributed by atoms with Crippen molar-refractivity contribution in [2.75, 3.05) is 6.54 Å². The summed E-state index contributed by atoms with van der Waals surface area (Å²) in [6.07, 6.45) is 1.02. The first-order valence-corrected chi connectivity index (χ1v) is 7.01. The Morgan fingerprint density at radius 3 is 2.58 bits per heavy atom. The van der Waals surface area contributed by atoms with E-state index in [1.54, 1.807) is 18.2 Å². The van der Waals surface area contributed by atoms with Crippen molar-refractivity contribution in [3.05, 3.63) is 28.2 Å². The predicted molar refractivity (Wildman–Crippen MR) is 76.6 cm³/mol. The third-order valence-electron chi connectivity index (χ3n) is 2.61. The van der Waals surface area contributed by atoms with Crippen molar-refractivity contribution in [1.82, 2.24) is 5.32 Å². The highest BCUT2D eigenvalue weighted by atomic mass is 79.9. The van der Waals surface area contributed by atoms with Crippen LogP contribution in [-0.2, 0) is 6.54 Å². The second-order valence-electron chi connectivity index (χ2n) is 5.62. The molecule has 0 bridgehead atoms. The zero-order valence-electron chi connectivity index (χ0n) is 11.5. The molecule has 0 unspecified atom stereocenters. The topological polar surface area (TPSA) is 21.3 Å².